The number of ether oxygens (including phenoxy) is 1. The van der Waals surface area contributed by atoms with Gasteiger partial charge in [-0.25, -0.2) is 0 Å². The Morgan fingerprint density at radius 1 is 1.47 bits per heavy atom. The van der Waals surface area contributed by atoms with Crippen LogP contribution in [0, 0.1) is 0 Å². The average Bonchev–Trinajstić information content (AvgIpc) is 2.44. The van der Waals surface area contributed by atoms with Crippen molar-refractivity contribution in [3.8, 4) is 0 Å². The third-order valence-corrected chi connectivity index (χ3v) is 3.45. The predicted molar refractivity (Wildman–Crippen MR) is 75.0 cm³/mol. The van der Waals surface area contributed by atoms with Gasteiger partial charge in [-0.1, -0.05) is 24.3 Å². The number of carbonyl (C=O) groups is 1. The highest BCUT2D eigenvalue weighted by Gasteiger charge is 2.21. The largest absolute Gasteiger partial charge is 0.385 e. The molecule has 4 heteroatoms. The van der Waals surface area contributed by atoms with Gasteiger partial charge in [-0.05, 0) is 30.5 Å². The molecule has 19 heavy (non-hydrogen) atoms. The van der Waals surface area contributed by atoms with Crippen LogP contribution in [0.2, 0.25) is 0 Å². The molecule has 0 saturated carbocycles. The monoisotopic (exact) mass is 262 g/mol. The first-order valence-electron chi connectivity index (χ1n) is 6.88. The van der Waals surface area contributed by atoms with E-state index in [0.717, 1.165) is 19.4 Å². The molecule has 1 amide bonds. The van der Waals surface area contributed by atoms with Crippen molar-refractivity contribution in [1.82, 2.24) is 10.6 Å². The van der Waals surface area contributed by atoms with E-state index in [2.05, 4.69) is 28.8 Å². The summed E-state index contributed by atoms with van der Waals surface area (Å²) in [6.07, 6.45) is 2.41. The van der Waals surface area contributed by atoms with E-state index in [1.165, 1.54) is 11.1 Å². The number of fused-ring (bicyclic) bond motifs is 1. The van der Waals surface area contributed by atoms with Gasteiger partial charge in [-0.3, -0.25) is 4.79 Å². The molecule has 1 unspecified atom stereocenters. The Balaban J connectivity index is 1.85. The van der Waals surface area contributed by atoms with E-state index in [0.29, 0.717) is 19.6 Å². The van der Waals surface area contributed by atoms with Crippen molar-refractivity contribution in [3.05, 3.63) is 35.4 Å². The lowest BCUT2D eigenvalue weighted by atomic mass is 9.92. The van der Waals surface area contributed by atoms with Crippen LogP contribution in [0.4, 0.5) is 0 Å². The Bertz CT molecular complexity index is 420. The highest BCUT2D eigenvalue weighted by Crippen LogP contribution is 2.24. The molecule has 104 valence electrons. The second-order valence-electron chi connectivity index (χ2n) is 4.86. The summed E-state index contributed by atoms with van der Waals surface area (Å²) in [5.41, 5.74) is 2.62. The molecule has 2 N–H and O–H groups in total. The van der Waals surface area contributed by atoms with Crippen LogP contribution < -0.4 is 10.6 Å². The summed E-state index contributed by atoms with van der Waals surface area (Å²) in [5, 5.41) is 6.36. The van der Waals surface area contributed by atoms with Gasteiger partial charge in [-0.2, -0.15) is 0 Å². The number of methoxy groups -OCH3 is 1. The van der Waals surface area contributed by atoms with Crippen molar-refractivity contribution in [2.45, 2.75) is 25.3 Å². The number of carbonyl (C=O) groups excluding carboxylic acids is 1. The number of amides is 1. The molecular weight excluding hydrogens is 240 g/mol. The molecule has 1 heterocycles. The minimum Gasteiger partial charge on any atom is -0.385 e. The number of hydrogen-bond donors (Lipinski definition) is 2. The predicted octanol–water partition coefficient (Wildman–Crippen LogP) is 1.42. The van der Waals surface area contributed by atoms with Crippen LogP contribution in [-0.2, 0) is 16.0 Å². The molecule has 1 atom stereocenters. The van der Waals surface area contributed by atoms with Crippen LogP contribution in [0.3, 0.4) is 0 Å². The normalized spacial score (nSPS) is 17.8. The van der Waals surface area contributed by atoms with E-state index in [1.54, 1.807) is 7.11 Å². The number of rotatable bonds is 6. The number of hydrogen-bond acceptors (Lipinski definition) is 3. The zero-order valence-electron chi connectivity index (χ0n) is 11.4. The minimum absolute atomic E-state index is 0.102. The van der Waals surface area contributed by atoms with E-state index in [1.807, 2.05) is 6.07 Å². The van der Waals surface area contributed by atoms with Gasteiger partial charge in [0.1, 0.15) is 0 Å². The molecule has 0 aromatic heterocycles. The lowest BCUT2D eigenvalue weighted by Crippen LogP contribution is -2.35. The maximum atomic E-state index is 11.9. The Kier molecular flexibility index (Phi) is 5.36. The summed E-state index contributed by atoms with van der Waals surface area (Å²) in [6.45, 7) is 2.31. The molecule has 0 saturated heterocycles. The van der Waals surface area contributed by atoms with Crippen LogP contribution in [0.1, 0.15) is 30.0 Å². The third kappa shape index (κ3) is 4.04. The maximum Gasteiger partial charge on any atom is 0.221 e. The molecule has 1 aliphatic heterocycles. The standard InChI is InChI=1S/C15H22N2O2/c1-19-10-4-8-17-15(18)11-14-13-6-3-2-5-12(13)7-9-16-14/h2-3,5-6,14,16H,4,7-11H2,1H3,(H,17,18). The van der Waals surface area contributed by atoms with Gasteiger partial charge < -0.3 is 15.4 Å². The van der Waals surface area contributed by atoms with Crippen molar-refractivity contribution in [2.75, 3.05) is 26.8 Å². The zero-order chi connectivity index (χ0) is 13.5. The van der Waals surface area contributed by atoms with Crippen LogP contribution in [0.25, 0.3) is 0 Å². The van der Waals surface area contributed by atoms with E-state index < -0.39 is 0 Å². The Hall–Kier alpha value is -1.39. The first-order valence-corrected chi connectivity index (χ1v) is 6.88. The average molecular weight is 262 g/mol. The highest BCUT2D eigenvalue weighted by molar-refractivity contribution is 5.76. The van der Waals surface area contributed by atoms with Crippen LogP contribution >= 0.6 is 0 Å². The number of benzene rings is 1. The summed E-state index contributed by atoms with van der Waals surface area (Å²) in [5.74, 6) is 0.102. The highest BCUT2D eigenvalue weighted by atomic mass is 16.5. The summed E-state index contributed by atoms with van der Waals surface area (Å²) in [6, 6.07) is 8.51. The molecule has 1 aliphatic rings. The van der Waals surface area contributed by atoms with Gasteiger partial charge in [0.2, 0.25) is 5.91 Å². The molecule has 0 radical (unpaired) electrons. The second-order valence-corrected chi connectivity index (χ2v) is 4.86. The first-order chi connectivity index (χ1) is 9.31. The lowest BCUT2D eigenvalue weighted by molar-refractivity contribution is -0.121. The molecule has 4 nitrogen and oxygen atoms in total. The summed E-state index contributed by atoms with van der Waals surface area (Å²) >= 11 is 0. The van der Waals surface area contributed by atoms with Crippen molar-refractivity contribution in [3.63, 3.8) is 0 Å². The molecule has 0 spiro atoms. The molecule has 0 fully saturated rings. The topological polar surface area (TPSA) is 50.4 Å². The van der Waals surface area contributed by atoms with Crippen molar-refractivity contribution < 1.29 is 9.53 Å². The van der Waals surface area contributed by atoms with Crippen LogP contribution in [0.15, 0.2) is 24.3 Å². The summed E-state index contributed by atoms with van der Waals surface area (Å²) < 4.78 is 4.96. The van der Waals surface area contributed by atoms with Gasteiger partial charge in [0.05, 0.1) is 0 Å². The van der Waals surface area contributed by atoms with E-state index in [-0.39, 0.29) is 11.9 Å². The van der Waals surface area contributed by atoms with Crippen molar-refractivity contribution in [2.24, 2.45) is 0 Å². The number of nitrogens with one attached hydrogen (secondary N) is 2. The van der Waals surface area contributed by atoms with E-state index >= 15 is 0 Å². The van der Waals surface area contributed by atoms with Gasteiger partial charge in [-0.15, -0.1) is 0 Å². The molecule has 1 aromatic carbocycles. The fraction of sp³-hybridized carbons (Fsp3) is 0.533. The van der Waals surface area contributed by atoms with Gasteiger partial charge >= 0.3 is 0 Å². The van der Waals surface area contributed by atoms with E-state index in [9.17, 15) is 4.79 Å². The smallest absolute Gasteiger partial charge is 0.221 e. The fourth-order valence-electron chi connectivity index (χ4n) is 2.48. The van der Waals surface area contributed by atoms with Gasteiger partial charge in [0, 0.05) is 32.7 Å². The molecule has 0 bridgehead atoms. The van der Waals surface area contributed by atoms with Crippen LogP contribution in [-0.4, -0.2) is 32.7 Å². The lowest BCUT2D eigenvalue weighted by Gasteiger charge is -2.26. The third-order valence-electron chi connectivity index (χ3n) is 3.45. The van der Waals surface area contributed by atoms with Gasteiger partial charge in [0.25, 0.3) is 0 Å². The van der Waals surface area contributed by atoms with Crippen LogP contribution in [0.5, 0.6) is 0 Å². The quantitative estimate of drug-likeness (QED) is 0.762. The van der Waals surface area contributed by atoms with Gasteiger partial charge in [0.15, 0.2) is 0 Å². The Morgan fingerprint density at radius 3 is 3.16 bits per heavy atom. The molecule has 1 aromatic rings. The minimum atomic E-state index is 0.102. The first kappa shape index (κ1) is 14.0. The molecule has 2 rings (SSSR count). The SMILES string of the molecule is COCCCNC(=O)CC1NCCc2ccccc21. The fourth-order valence-corrected chi connectivity index (χ4v) is 2.48. The van der Waals surface area contributed by atoms with E-state index in [4.69, 9.17) is 4.74 Å². The Morgan fingerprint density at radius 2 is 2.32 bits per heavy atom. The summed E-state index contributed by atoms with van der Waals surface area (Å²) in [7, 11) is 1.67. The maximum absolute atomic E-state index is 11.9. The molecule has 0 aliphatic carbocycles. The Labute approximate surface area is 114 Å². The summed E-state index contributed by atoms with van der Waals surface area (Å²) in [4.78, 5) is 11.9. The van der Waals surface area contributed by atoms with Crippen molar-refractivity contribution >= 4 is 5.91 Å². The van der Waals surface area contributed by atoms with Crippen molar-refractivity contribution in [1.29, 1.82) is 0 Å². The second kappa shape index (κ2) is 7.26. The zero-order valence-corrected chi connectivity index (χ0v) is 11.4. The molecular formula is C15H22N2O2.